The summed E-state index contributed by atoms with van der Waals surface area (Å²) in [7, 11) is 2.00. The number of likely N-dealkylation sites (N-methyl/N-ethyl adjacent to an activating group) is 1. The second-order valence-electron chi connectivity index (χ2n) is 7.52. The number of nitrogens with zero attached hydrogens (tertiary/aromatic N) is 1. The maximum atomic E-state index is 10.3. The Kier molecular flexibility index (Phi) is 8.72. The van der Waals surface area contributed by atoms with Crippen molar-refractivity contribution in [3.8, 4) is 5.75 Å². The van der Waals surface area contributed by atoms with Crippen molar-refractivity contribution in [3.05, 3.63) is 101 Å². The quantitative estimate of drug-likeness (QED) is 0.475. The molecule has 3 aromatic rings. The molecular weight excluding hydrogens is 396 g/mol. The Hall–Kier alpha value is -2.37. The zero-order chi connectivity index (χ0) is 21.2. The van der Waals surface area contributed by atoms with E-state index >= 15 is 0 Å². The first-order valence-electron chi connectivity index (χ1n) is 10.2. The Morgan fingerprint density at radius 1 is 0.867 bits per heavy atom. The van der Waals surface area contributed by atoms with Crippen LogP contribution in [-0.2, 0) is 19.6 Å². The minimum atomic E-state index is -0.542. The molecular formula is C25H29ClN2O2. The van der Waals surface area contributed by atoms with Crippen molar-refractivity contribution < 1.29 is 9.84 Å². The smallest absolute Gasteiger partial charge is 0.119 e. The number of aliphatic hydroxyl groups excluding tert-OH is 1. The Morgan fingerprint density at radius 2 is 1.47 bits per heavy atom. The molecule has 1 unspecified atom stereocenters. The molecule has 30 heavy (non-hydrogen) atoms. The van der Waals surface area contributed by atoms with E-state index in [2.05, 4.69) is 22.3 Å². The van der Waals surface area contributed by atoms with Gasteiger partial charge in [-0.15, -0.1) is 0 Å². The lowest BCUT2D eigenvalue weighted by Gasteiger charge is -2.21. The summed E-state index contributed by atoms with van der Waals surface area (Å²) in [5.74, 6) is 0.765. The molecule has 0 spiro atoms. The number of ether oxygens (including phenoxy) is 1. The summed E-state index contributed by atoms with van der Waals surface area (Å²) in [4.78, 5) is 2.10. The van der Waals surface area contributed by atoms with Gasteiger partial charge in [0, 0.05) is 31.2 Å². The van der Waals surface area contributed by atoms with Crippen LogP contribution < -0.4 is 10.1 Å². The van der Waals surface area contributed by atoms with Gasteiger partial charge in [0.15, 0.2) is 0 Å². The minimum absolute atomic E-state index is 0.271. The Bertz CT molecular complexity index is 870. The highest BCUT2D eigenvalue weighted by Crippen LogP contribution is 2.14. The molecule has 0 aliphatic carbocycles. The van der Waals surface area contributed by atoms with Gasteiger partial charge in [-0.2, -0.15) is 0 Å². The van der Waals surface area contributed by atoms with Gasteiger partial charge in [0.25, 0.3) is 0 Å². The summed E-state index contributed by atoms with van der Waals surface area (Å²) in [6.45, 7) is 3.19. The zero-order valence-corrected chi connectivity index (χ0v) is 18.1. The third kappa shape index (κ3) is 7.81. The van der Waals surface area contributed by atoms with Crippen LogP contribution in [-0.4, -0.2) is 36.3 Å². The molecule has 0 aliphatic heterocycles. The maximum Gasteiger partial charge on any atom is 0.119 e. The van der Waals surface area contributed by atoms with E-state index in [1.807, 2.05) is 73.8 Å². The van der Waals surface area contributed by atoms with Crippen LogP contribution in [0.1, 0.15) is 16.7 Å². The first-order valence-corrected chi connectivity index (χ1v) is 10.5. The van der Waals surface area contributed by atoms with Crippen molar-refractivity contribution in [2.24, 2.45) is 0 Å². The lowest BCUT2D eigenvalue weighted by molar-refractivity contribution is 0.0744. The van der Waals surface area contributed by atoms with Gasteiger partial charge in [-0.1, -0.05) is 66.2 Å². The molecule has 2 N–H and O–H groups in total. The molecule has 0 aromatic heterocycles. The predicted octanol–water partition coefficient (Wildman–Crippen LogP) is 4.50. The summed E-state index contributed by atoms with van der Waals surface area (Å²) >= 11 is 5.91. The molecule has 5 heteroatoms. The molecule has 0 fully saturated rings. The zero-order valence-electron chi connectivity index (χ0n) is 17.3. The first kappa shape index (κ1) is 22.3. The van der Waals surface area contributed by atoms with E-state index in [0.29, 0.717) is 6.54 Å². The van der Waals surface area contributed by atoms with E-state index < -0.39 is 6.10 Å². The van der Waals surface area contributed by atoms with Crippen molar-refractivity contribution in [2.75, 3.05) is 20.2 Å². The number of halogens is 1. The van der Waals surface area contributed by atoms with E-state index in [1.54, 1.807) is 0 Å². The average Bonchev–Trinajstić information content (AvgIpc) is 2.75. The number of benzene rings is 3. The fraction of sp³-hybridized carbons (Fsp3) is 0.280. The third-order valence-electron chi connectivity index (χ3n) is 4.75. The topological polar surface area (TPSA) is 44.7 Å². The minimum Gasteiger partial charge on any atom is -0.491 e. The van der Waals surface area contributed by atoms with Crippen LogP contribution in [0.25, 0.3) is 0 Å². The van der Waals surface area contributed by atoms with Gasteiger partial charge in [-0.3, -0.25) is 4.90 Å². The lowest BCUT2D eigenvalue weighted by atomic mass is 10.2. The van der Waals surface area contributed by atoms with Crippen molar-refractivity contribution in [3.63, 3.8) is 0 Å². The Morgan fingerprint density at radius 3 is 2.10 bits per heavy atom. The van der Waals surface area contributed by atoms with Crippen LogP contribution in [0.15, 0.2) is 78.9 Å². The van der Waals surface area contributed by atoms with E-state index in [9.17, 15) is 5.11 Å². The molecule has 4 nitrogen and oxygen atoms in total. The number of hydrogen-bond acceptors (Lipinski definition) is 4. The predicted molar refractivity (Wildman–Crippen MR) is 123 cm³/mol. The maximum absolute atomic E-state index is 10.3. The van der Waals surface area contributed by atoms with Gasteiger partial charge < -0.3 is 15.2 Å². The molecule has 3 rings (SSSR count). The number of nitrogens with one attached hydrogen (secondary N) is 1. The normalized spacial score (nSPS) is 12.1. The molecule has 1 atom stereocenters. The highest BCUT2D eigenvalue weighted by atomic mass is 35.5. The van der Waals surface area contributed by atoms with Gasteiger partial charge >= 0.3 is 0 Å². The average molecular weight is 425 g/mol. The molecule has 0 bridgehead atoms. The third-order valence-corrected chi connectivity index (χ3v) is 5.01. The molecule has 0 saturated carbocycles. The van der Waals surface area contributed by atoms with E-state index in [4.69, 9.17) is 16.3 Å². The van der Waals surface area contributed by atoms with E-state index in [0.717, 1.165) is 30.4 Å². The Labute approximate surface area is 184 Å². The van der Waals surface area contributed by atoms with Crippen LogP contribution in [0, 0.1) is 0 Å². The van der Waals surface area contributed by atoms with Crippen molar-refractivity contribution in [2.45, 2.75) is 25.7 Å². The summed E-state index contributed by atoms with van der Waals surface area (Å²) in [6.07, 6.45) is -0.542. The molecule has 0 radical (unpaired) electrons. The SMILES string of the molecule is CN(Cc1ccccc1)CC(O)COc1ccc(CNCc2ccc(Cl)cc2)cc1. The molecule has 0 amide bonds. The standard InChI is InChI=1S/C25H29ClN2O2/c1-28(17-22-5-3-2-4-6-22)18-24(29)19-30-25-13-9-21(10-14-25)16-27-15-20-7-11-23(26)12-8-20/h2-14,24,27,29H,15-19H2,1H3. The van der Waals surface area contributed by atoms with Crippen molar-refractivity contribution in [1.82, 2.24) is 10.2 Å². The molecule has 158 valence electrons. The molecule has 0 heterocycles. The van der Waals surface area contributed by atoms with Crippen LogP contribution in [0.2, 0.25) is 5.02 Å². The van der Waals surface area contributed by atoms with Gasteiger partial charge in [-0.05, 0) is 48.0 Å². The van der Waals surface area contributed by atoms with Gasteiger partial charge in [0.1, 0.15) is 18.5 Å². The fourth-order valence-electron chi connectivity index (χ4n) is 3.22. The lowest BCUT2D eigenvalue weighted by Crippen LogP contribution is -2.32. The number of rotatable bonds is 11. The number of aliphatic hydroxyl groups is 1. The second-order valence-corrected chi connectivity index (χ2v) is 7.96. The largest absolute Gasteiger partial charge is 0.491 e. The highest BCUT2D eigenvalue weighted by molar-refractivity contribution is 6.30. The van der Waals surface area contributed by atoms with Crippen LogP contribution >= 0.6 is 11.6 Å². The van der Waals surface area contributed by atoms with Gasteiger partial charge in [-0.25, -0.2) is 0 Å². The monoisotopic (exact) mass is 424 g/mol. The Balaban J connectivity index is 1.35. The molecule has 3 aromatic carbocycles. The molecule has 0 aliphatic rings. The first-order chi connectivity index (χ1) is 14.6. The van der Waals surface area contributed by atoms with Gasteiger partial charge in [0.2, 0.25) is 0 Å². The van der Waals surface area contributed by atoms with Crippen molar-refractivity contribution >= 4 is 11.6 Å². The number of hydrogen-bond donors (Lipinski definition) is 2. The molecule has 0 saturated heterocycles. The summed E-state index contributed by atoms with van der Waals surface area (Å²) in [5, 5.41) is 14.4. The summed E-state index contributed by atoms with van der Waals surface area (Å²) < 4.78 is 5.75. The van der Waals surface area contributed by atoms with E-state index in [-0.39, 0.29) is 6.61 Å². The van der Waals surface area contributed by atoms with Crippen LogP contribution in [0.4, 0.5) is 0 Å². The summed E-state index contributed by atoms with van der Waals surface area (Å²) in [5.41, 5.74) is 3.61. The highest BCUT2D eigenvalue weighted by Gasteiger charge is 2.10. The van der Waals surface area contributed by atoms with Crippen molar-refractivity contribution in [1.29, 1.82) is 0 Å². The van der Waals surface area contributed by atoms with Gasteiger partial charge in [0.05, 0.1) is 0 Å². The van der Waals surface area contributed by atoms with E-state index in [1.165, 1.54) is 16.7 Å². The summed E-state index contributed by atoms with van der Waals surface area (Å²) in [6, 6.07) is 26.1. The second kappa shape index (κ2) is 11.7. The van der Waals surface area contributed by atoms with Crippen LogP contribution in [0.3, 0.4) is 0 Å². The van der Waals surface area contributed by atoms with Crippen LogP contribution in [0.5, 0.6) is 5.75 Å². The fourth-order valence-corrected chi connectivity index (χ4v) is 3.35.